The Bertz CT molecular complexity index is 2000. The second-order valence-corrected chi connectivity index (χ2v) is 12.7. The standard InChI is InChI=1S/C17H12N2O15S4.4Na/c20-17(12-2-1-9(19(21)22)5-14(12)37(29,30)31)18-13-6-10(35(23,24)25)3-8-4-11(36(26,27)28)7-15(16(8)13)38(32,33)34;;;;/h1-7H,(H,18,20)(H,23,24,25)(H,26,27,28)(H,29,30,31)(H,32,33,34);;;;/q;4*+1/p-3. The van der Waals surface area contributed by atoms with Crippen LogP contribution in [0.5, 0.6) is 0 Å². The monoisotopic (exact) mass is 701 g/mol. The molecule has 0 aliphatic carbocycles. The van der Waals surface area contributed by atoms with Crippen molar-refractivity contribution in [1.29, 1.82) is 0 Å². The summed E-state index contributed by atoms with van der Waals surface area (Å²) in [7, 11) is -21.9. The van der Waals surface area contributed by atoms with Gasteiger partial charge in [-0.15, -0.1) is 0 Å². The van der Waals surface area contributed by atoms with Crippen molar-refractivity contribution < 1.29 is 180 Å². The van der Waals surface area contributed by atoms with Gasteiger partial charge in [0, 0.05) is 17.5 Å². The molecule has 1 amide bonds. The van der Waals surface area contributed by atoms with Crippen molar-refractivity contribution in [3.8, 4) is 0 Å². The summed E-state index contributed by atoms with van der Waals surface area (Å²) < 4.78 is 138. The first kappa shape index (κ1) is 44.6. The fraction of sp³-hybridized carbons (Fsp3) is 0. The van der Waals surface area contributed by atoms with Crippen molar-refractivity contribution in [2.24, 2.45) is 0 Å². The smallest absolute Gasteiger partial charge is 0.744 e. The van der Waals surface area contributed by atoms with E-state index in [-0.39, 0.29) is 124 Å². The molecular weight excluding hydrogens is 692 g/mol. The summed E-state index contributed by atoms with van der Waals surface area (Å²) in [4.78, 5) is 17.5. The molecule has 0 spiro atoms. The second kappa shape index (κ2) is 15.8. The van der Waals surface area contributed by atoms with Gasteiger partial charge in [0.25, 0.3) is 21.7 Å². The second-order valence-electron chi connectivity index (χ2n) is 7.22. The number of amides is 1. The third-order valence-electron chi connectivity index (χ3n) is 4.75. The molecule has 17 nitrogen and oxygen atoms in total. The number of benzene rings is 3. The maximum atomic E-state index is 12.9. The number of anilines is 1. The molecule has 2 N–H and O–H groups in total. The maximum absolute atomic E-state index is 12.9. The van der Waals surface area contributed by atoms with Gasteiger partial charge in [-0.2, -0.15) is 8.42 Å². The molecule has 3 aromatic rings. The van der Waals surface area contributed by atoms with Gasteiger partial charge in [-0.3, -0.25) is 19.5 Å². The molecule has 0 radical (unpaired) electrons. The van der Waals surface area contributed by atoms with E-state index >= 15 is 0 Å². The zero-order valence-corrected chi connectivity index (χ0v) is 33.1. The summed E-state index contributed by atoms with van der Waals surface area (Å²) >= 11 is 0. The van der Waals surface area contributed by atoms with Crippen LogP contribution >= 0.6 is 0 Å². The predicted octanol–water partition coefficient (Wildman–Crippen LogP) is -12.0. The van der Waals surface area contributed by atoms with Crippen LogP contribution in [0.15, 0.2) is 62.0 Å². The number of hydrogen-bond donors (Lipinski definition) is 2. The van der Waals surface area contributed by atoms with E-state index in [0.29, 0.717) is 36.4 Å². The summed E-state index contributed by atoms with van der Waals surface area (Å²) in [5, 5.41) is 11.1. The molecule has 0 aliphatic heterocycles. The molecule has 0 aliphatic rings. The van der Waals surface area contributed by atoms with Gasteiger partial charge in [0.2, 0.25) is 0 Å². The van der Waals surface area contributed by atoms with Gasteiger partial charge in [-0.25, -0.2) is 25.3 Å². The van der Waals surface area contributed by atoms with E-state index in [1.54, 1.807) is 0 Å². The van der Waals surface area contributed by atoms with Crippen molar-refractivity contribution in [3.05, 3.63) is 58.1 Å². The van der Waals surface area contributed by atoms with E-state index in [1.807, 2.05) is 5.32 Å². The summed E-state index contributed by atoms with van der Waals surface area (Å²) in [6.45, 7) is 0. The number of nitrogens with one attached hydrogen (secondary N) is 1. The number of nitro groups is 1. The number of fused-ring (bicyclic) bond motifs is 1. The van der Waals surface area contributed by atoms with Crippen molar-refractivity contribution in [3.63, 3.8) is 0 Å². The Labute approximate surface area is 326 Å². The van der Waals surface area contributed by atoms with Crippen LogP contribution in [0.1, 0.15) is 10.4 Å². The van der Waals surface area contributed by atoms with E-state index in [9.17, 15) is 66.8 Å². The van der Waals surface area contributed by atoms with Crippen LogP contribution in [-0.2, 0) is 40.5 Å². The Balaban J connectivity index is 0. The minimum Gasteiger partial charge on any atom is -0.744 e. The molecule has 25 heteroatoms. The topological polar surface area (TPSA) is 298 Å². The molecule has 0 saturated carbocycles. The summed E-state index contributed by atoms with van der Waals surface area (Å²) in [5.74, 6) is -1.58. The van der Waals surface area contributed by atoms with Crippen LogP contribution < -0.4 is 124 Å². The summed E-state index contributed by atoms with van der Waals surface area (Å²) in [5.41, 5.74) is -2.84. The van der Waals surface area contributed by atoms with E-state index < -0.39 is 98.6 Å². The van der Waals surface area contributed by atoms with E-state index in [0.717, 1.165) is 0 Å². The maximum Gasteiger partial charge on any atom is 1.00 e. The van der Waals surface area contributed by atoms with Gasteiger partial charge < -0.3 is 19.0 Å². The molecule has 0 bridgehead atoms. The third kappa shape index (κ3) is 10.5. The molecule has 0 atom stereocenters. The van der Waals surface area contributed by atoms with E-state index in [2.05, 4.69) is 0 Å². The Morgan fingerprint density at radius 3 is 1.60 bits per heavy atom. The van der Waals surface area contributed by atoms with Gasteiger partial charge in [0.15, 0.2) is 0 Å². The van der Waals surface area contributed by atoms with Crippen molar-refractivity contribution in [2.45, 2.75) is 19.6 Å². The molecule has 0 aromatic heterocycles. The fourth-order valence-corrected chi connectivity index (χ4v) is 5.82. The van der Waals surface area contributed by atoms with Crippen LogP contribution in [0.4, 0.5) is 11.4 Å². The van der Waals surface area contributed by atoms with Crippen LogP contribution in [0.3, 0.4) is 0 Å². The number of hydrogen-bond acceptors (Lipinski definition) is 14. The average molecular weight is 701 g/mol. The molecule has 0 heterocycles. The van der Waals surface area contributed by atoms with Gasteiger partial charge >= 0.3 is 118 Å². The number of rotatable bonds is 7. The molecule has 3 rings (SSSR count). The van der Waals surface area contributed by atoms with Gasteiger partial charge in [0.1, 0.15) is 35.2 Å². The summed E-state index contributed by atoms with van der Waals surface area (Å²) in [6.07, 6.45) is 0. The van der Waals surface area contributed by atoms with Gasteiger partial charge in [0.05, 0.1) is 30.9 Å². The quantitative estimate of drug-likeness (QED) is 0.100. The Kier molecular flexibility index (Phi) is 16.8. The molecule has 204 valence electrons. The SMILES string of the molecule is O=C(Nc1cc(S(=O)(=O)[O-])cc2cc(S(=O)(=O)[O-])cc(S(=O)(=O)[O-])c12)c1ccc([N+](=O)[O-])cc1S(=O)(=O)O.[Na+].[Na+].[Na+].[Na+]. The van der Waals surface area contributed by atoms with E-state index in [1.165, 1.54) is 0 Å². The third-order valence-corrected chi connectivity index (χ3v) is 8.13. The molecule has 0 unspecified atom stereocenters. The number of nitrogens with zero attached hydrogens (tertiary/aromatic N) is 1. The first-order valence-electron chi connectivity index (χ1n) is 9.17. The van der Waals surface area contributed by atoms with Crippen molar-refractivity contribution in [2.75, 3.05) is 5.32 Å². The summed E-state index contributed by atoms with van der Waals surface area (Å²) in [6, 6.07) is 2.77. The molecule has 42 heavy (non-hydrogen) atoms. The number of nitro benzene ring substituents is 1. The van der Waals surface area contributed by atoms with E-state index in [4.69, 9.17) is 0 Å². The Hall–Kier alpha value is 0.430. The van der Waals surface area contributed by atoms with Crippen molar-refractivity contribution >= 4 is 68.5 Å². The molecule has 0 fully saturated rings. The molecule has 3 aromatic carbocycles. The van der Waals surface area contributed by atoms with Crippen LogP contribution in [0.2, 0.25) is 0 Å². The minimum atomic E-state index is -5.67. The Morgan fingerprint density at radius 2 is 1.19 bits per heavy atom. The first-order valence-corrected chi connectivity index (χ1v) is 14.8. The first-order chi connectivity index (χ1) is 17.1. The van der Waals surface area contributed by atoms with Crippen LogP contribution in [0.25, 0.3) is 10.8 Å². The molecular formula is C17H9N2Na4O15S4+. The van der Waals surface area contributed by atoms with Crippen molar-refractivity contribution in [1.82, 2.24) is 0 Å². The Morgan fingerprint density at radius 1 is 0.714 bits per heavy atom. The average Bonchev–Trinajstić information content (AvgIpc) is 2.75. The fourth-order valence-electron chi connectivity index (χ4n) is 3.22. The number of non-ortho nitro benzene ring substituents is 1. The van der Waals surface area contributed by atoms with Crippen LogP contribution in [0, 0.1) is 10.1 Å². The largest absolute Gasteiger partial charge is 1.00 e. The predicted molar refractivity (Wildman–Crippen MR) is 119 cm³/mol. The zero-order valence-electron chi connectivity index (χ0n) is 21.8. The minimum absolute atomic E-state index is 0. The van der Waals surface area contributed by atoms with Crippen LogP contribution in [-0.4, -0.2) is 62.7 Å². The van der Waals surface area contributed by atoms with Gasteiger partial charge in [-0.1, -0.05) is 0 Å². The number of carbonyl (C=O) groups is 1. The normalized spacial score (nSPS) is 11.6. The van der Waals surface area contributed by atoms with Gasteiger partial charge in [-0.05, 0) is 35.7 Å². The number of carbonyl (C=O) groups excluding carboxylic acids is 1. The zero-order chi connectivity index (χ0) is 29.0. The molecule has 0 saturated heterocycles.